The highest BCUT2D eigenvalue weighted by atomic mass is 19.1. The Hall–Kier alpha value is -0.370. The predicted octanol–water partition coefficient (Wildman–Crippen LogP) is 1.64. The Kier molecular flexibility index (Phi) is 4.32. The van der Waals surface area contributed by atoms with Gasteiger partial charge in [0.1, 0.15) is 6.17 Å². The quantitative estimate of drug-likeness (QED) is 0.579. The molecule has 0 saturated carbocycles. The minimum atomic E-state index is -0.861. The van der Waals surface area contributed by atoms with Crippen molar-refractivity contribution < 1.29 is 4.39 Å². The first-order valence-electron chi connectivity index (χ1n) is 3.14. The zero-order valence-electron chi connectivity index (χ0n) is 6.02. The molecule has 0 aromatic carbocycles. The van der Waals surface area contributed by atoms with E-state index < -0.39 is 6.17 Å². The number of allylic oxidation sites excluding steroid dienone is 2. The van der Waals surface area contributed by atoms with Crippen LogP contribution in [0, 0.1) is 0 Å². The molecule has 0 heterocycles. The zero-order valence-corrected chi connectivity index (χ0v) is 6.02. The van der Waals surface area contributed by atoms with E-state index in [1.165, 1.54) is 0 Å². The highest BCUT2D eigenvalue weighted by Crippen LogP contribution is 1.99. The third kappa shape index (κ3) is 5.50. The van der Waals surface area contributed by atoms with Gasteiger partial charge in [-0.25, -0.2) is 4.39 Å². The molecule has 0 aliphatic rings. The standard InChI is InChI=1S/C7H14FN/c1-6(2)3-4-7(8)5-9/h3,7H,4-5,9H2,1-2H3/t7-/m1/s1. The van der Waals surface area contributed by atoms with Crippen molar-refractivity contribution in [2.45, 2.75) is 26.4 Å². The third-order valence-electron chi connectivity index (χ3n) is 1.04. The van der Waals surface area contributed by atoms with E-state index >= 15 is 0 Å². The van der Waals surface area contributed by atoms with Crippen LogP contribution in [0.25, 0.3) is 0 Å². The Labute approximate surface area is 55.7 Å². The summed E-state index contributed by atoms with van der Waals surface area (Å²) in [4.78, 5) is 0. The van der Waals surface area contributed by atoms with Crippen LogP contribution < -0.4 is 5.73 Å². The summed E-state index contributed by atoms with van der Waals surface area (Å²) in [6.07, 6.45) is 1.45. The van der Waals surface area contributed by atoms with Gasteiger partial charge in [-0.2, -0.15) is 0 Å². The van der Waals surface area contributed by atoms with Crippen LogP contribution in [-0.2, 0) is 0 Å². The van der Waals surface area contributed by atoms with Crippen molar-refractivity contribution in [2.24, 2.45) is 5.73 Å². The van der Waals surface area contributed by atoms with Gasteiger partial charge in [-0.1, -0.05) is 11.6 Å². The monoisotopic (exact) mass is 131 g/mol. The molecule has 0 spiro atoms. The van der Waals surface area contributed by atoms with Crippen LogP contribution in [0.3, 0.4) is 0 Å². The van der Waals surface area contributed by atoms with Crippen LogP contribution in [-0.4, -0.2) is 12.7 Å². The molecule has 0 aliphatic heterocycles. The number of hydrogen-bond acceptors (Lipinski definition) is 1. The second kappa shape index (κ2) is 4.50. The van der Waals surface area contributed by atoms with Gasteiger partial charge in [0.25, 0.3) is 0 Å². The number of halogens is 1. The van der Waals surface area contributed by atoms with Gasteiger partial charge in [0, 0.05) is 6.54 Å². The summed E-state index contributed by atoms with van der Waals surface area (Å²) < 4.78 is 12.3. The Morgan fingerprint density at radius 3 is 2.56 bits per heavy atom. The highest BCUT2D eigenvalue weighted by Gasteiger charge is 1.98. The summed E-state index contributed by atoms with van der Waals surface area (Å²) in [6.45, 7) is 4.02. The molecule has 0 amide bonds. The molecule has 0 aromatic heterocycles. The van der Waals surface area contributed by atoms with E-state index in [0.717, 1.165) is 5.57 Å². The molecule has 0 aliphatic carbocycles. The molecule has 9 heavy (non-hydrogen) atoms. The minimum Gasteiger partial charge on any atom is -0.328 e. The summed E-state index contributed by atoms with van der Waals surface area (Å²) in [5.74, 6) is 0. The Morgan fingerprint density at radius 1 is 1.67 bits per heavy atom. The fourth-order valence-corrected chi connectivity index (χ4v) is 0.460. The molecule has 2 heteroatoms. The lowest BCUT2D eigenvalue weighted by Gasteiger charge is -1.98. The lowest BCUT2D eigenvalue weighted by Crippen LogP contribution is -2.13. The molecule has 0 rings (SSSR count). The van der Waals surface area contributed by atoms with Crippen molar-refractivity contribution >= 4 is 0 Å². The van der Waals surface area contributed by atoms with E-state index in [0.29, 0.717) is 6.42 Å². The smallest absolute Gasteiger partial charge is 0.116 e. The van der Waals surface area contributed by atoms with Gasteiger partial charge in [-0.05, 0) is 20.3 Å². The molecule has 1 nitrogen and oxygen atoms in total. The number of rotatable bonds is 3. The summed E-state index contributed by atoms with van der Waals surface area (Å²) in [7, 11) is 0. The Morgan fingerprint density at radius 2 is 2.22 bits per heavy atom. The van der Waals surface area contributed by atoms with E-state index in [2.05, 4.69) is 0 Å². The van der Waals surface area contributed by atoms with Gasteiger partial charge < -0.3 is 5.73 Å². The first-order valence-corrected chi connectivity index (χ1v) is 3.14. The maximum absolute atomic E-state index is 12.3. The normalized spacial score (nSPS) is 12.9. The van der Waals surface area contributed by atoms with Gasteiger partial charge in [0.05, 0.1) is 0 Å². The van der Waals surface area contributed by atoms with Crippen molar-refractivity contribution in [3.63, 3.8) is 0 Å². The number of hydrogen-bond donors (Lipinski definition) is 1. The average molecular weight is 131 g/mol. The number of nitrogens with two attached hydrogens (primary N) is 1. The van der Waals surface area contributed by atoms with Crippen molar-refractivity contribution in [3.05, 3.63) is 11.6 Å². The SMILES string of the molecule is CC(C)=CC[C@@H](F)CN. The largest absolute Gasteiger partial charge is 0.328 e. The average Bonchev–Trinajstić information content (AvgIpc) is 1.83. The lowest BCUT2D eigenvalue weighted by molar-refractivity contribution is 0.344. The van der Waals surface area contributed by atoms with Crippen molar-refractivity contribution in [2.75, 3.05) is 6.54 Å². The number of alkyl halides is 1. The van der Waals surface area contributed by atoms with E-state index in [4.69, 9.17) is 5.73 Å². The molecule has 0 fully saturated rings. The molecule has 2 N–H and O–H groups in total. The molecule has 0 radical (unpaired) electrons. The van der Waals surface area contributed by atoms with Crippen LogP contribution in [0.1, 0.15) is 20.3 Å². The van der Waals surface area contributed by atoms with Gasteiger partial charge in [0.2, 0.25) is 0 Å². The van der Waals surface area contributed by atoms with Crippen LogP contribution in [0.4, 0.5) is 4.39 Å². The van der Waals surface area contributed by atoms with E-state index in [9.17, 15) is 4.39 Å². The fourth-order valence-electron chi connectivity index (χ4n) is 0.460. The lowest BCUT2D eigenvalue weighted by atomic mass is 10.2. The van der Waals surface area contributed by atoms with Crippen LogP contribution in [0.15, 0.2) is 11.6 Å². The maximum Gasteiger partial charge on any atom is 0.116 e. The molecule has 1 atom stereocenters. The van der Waals surface area contributed by atoms with Crippen LogP contribution in [0.5, 0.6) is 0 Å². The zero-order chi connectivity index (χ0) is 7.28. The predicted molar refractivity (Wildman–Crippen MR) is 38.0 cm³/mol. The van der Waals surface area contributed by atoms with Crippen LogP contribution >= 0.6 is 0 Å². The summed E-state index contributed by atoms with van der Waals surface area (Å²) in [5, 5.41) is 0. The molecular formula is C7H14FN. The summed E-state index contributed by atoms with van der Waals surface area (Å²) in [6, 6.07) is 0. The van der Waals surface area contributed by atoms with E-state index in [1.807, 2.05) is 19.9 Å². The summed E-state index contributed by atoms with van der Waals surface area (Å²) >= 11 is 0. The van der Waals surface area contributed by atoms with Crippen molar-refractivity contribution in [1.29, 1.82) is 0 Å². The molecule has 0 aromatic rings. The maximum atomic E-state index is 12.3. The Balaban J connectivity index is 3.37. The second-order valence-corrected chi connectivity index (χ2v) is 2.35. The van der Waals surface area contributed by atoms with E-state index in [1.54, 1.807) is 0 Å². The van der Waals surface area contributed by atoms with Gasteiger partial charge in [0.15, 0.2) is 0 Å². The molecule has 0 saturated heterocycles. The van der Waals surface area contributed by atoms with Crippen molar-refractivity contribution in [1.82, 2.24) is 0 Å². The Bertz CT molecular complexity index is 95.1. The minimum absolute atomic E-state index is 0.129. The fraction of sp³-hybridized carbons (Fsp3) is 0.714. The molecule has 0 bridgehead atoms. The molecule has 0 unspecified atom stereocenters. The molecular weight excluding hydrogens is 117 g/mol. The third-order valence-corrected chi connectivity index (χ3v) is 1.04. The first-order chi connectivity index (χ1) is 4.16. The first kappa shape index (κ1) is 8.63. The van der Waals surface area contributed by atoms with E-state index in [-0.39, 0.29) is 6.54 Å². The highest BCUT2D eigenvalue weighted by molar-refractivity contribution is 4.94. The van der Waals surface area contributed by atoms with Crippen LogP contribution in [0.2, 0.25) is 0 Å². The summed E-state index contributed by atoms with van der Waals surface area (Å²) in [5.41, 5.74) is 6.20. The van der Waals surface area contributed by atoms with Gasteiger partial charge >= 0.3 is 0 Å². The van der Waals surface area contributed by atoms with Gasteiger partial charge in [-0.15, -0.1) is 0 Å². The topological polar surface area (TPSA) is 26.0 Å². The second-order valence-electron chi connectivity index (χ2n) is 2.35. The molecule has 54 valence electrons. The van der Waals surface area contributed by atoms with Crippen molar-refractivity contribution in [3.8, 4) is 0 Å². The van der Waals surface area contributed by atoms with Gasteiger partial charge in [-0.3, -0.25) is 0 Å².